The molecule has 1 heterocycles. The number of benzene rings is 1. The lowest BCUT2D eigenvalue weighted by Gasteiger charge is -2.32. The van der Waals surface area contributed by atoms with Crippen LogP contribution in [-0.4, -0.2) is 44.6 Å². The van der Waals surface area contributed by atoms with E-state index < -0.39 is 0 Å². The van der Waals surface area contributed by atoms with E-state index >= 15 is 0 Å². The molecule has 0 aliphatic carbocycles. The molecule has 0 saturated carbocycles. The molecule has 21 heavy (non-hydrogen) atoms. The van der Waals surface area contributed by atoms with Crippen LogP contribution in [0.2, 0.25) is 0 Å². The Kier molecular flexibility index (Phi) is 6.05. The molecule has 0 aromatic heterocycles. The molecule has 1 fully saturated rings. The topological polar surface area (TPSA) is 41.6 Å². The molecular weight excluding hydrogens is 264 g/mol. The summed E-state index contributed by atoms with van der Waals surface area (Å²) in [5.41, 5.74) is 1.11. The smallest absolute Gasteiger partial charge is 0.222 e. The number of hydrogen-bond acceptors (Lipinski definition) is 3. The number of piperidine rings is 1. The predicted octanol–water partition coefficient (Wildman–Crippen LogP) is 2.09. The van der Waals surface area contributed by atoms with Crippen LogP contribution in [0.5, 0.6) is 5.75 Å². The Morgan fingerprint density at radius 2 is 2.24 bits per heavy atom. The Bertz CT molecular complexity index is 460. The highest BCUT2D eigenvalue weighted by Crippen LogP contribution is 2.21. The van der Waals surface area contributed by atoms with Gasteiger partial charge in [0.1, 0.15) is 5.75 Å². The lowest BCUT2D eigenvalue weighted by atomic mass is 9.97. The zero-order chi connectivity index (χ0) is 15.1. The Hall–Kier alpha value is -1.55. The van der Waals surface area contributed by atoms with Gasteiger partial charge >= 0.3 is 0 Å². The molecule has 1 atom stereocenters. The Morgan fingerprint density at radius 3 is 3.00 bits per heavy atom. The monoisotopic (exact) mass is 290 g/mol. The van der Waals surface area contributed by atoms with Crippen molar-refractivity contribution in [3.8, 4) is 5.75 Å². The van der Waals surface area contributed by atoms with E-state index in [4.69, 9.17) is 4.74 Å². The summed E-state index contributed by atoms with van der Waals surface area (Å²) >= 11 is 0. The summed E-state index contributed by atoms with van der Waals surface area (Å²) < 4.78 is 5.34. The van der Waals surface area contributed by atoms with Crippen molar-refractivity contribution in [3.63, 3.8) is 0 Å². The van der Waals surface area contributed by atoms with E-state index in [1.807, 2.05) is 36.2 Å². The van der Waals surface area contributed by atoms with Gasteiger partial charge in [-0.15, -0.1) is 0 Å². The second-order valence-corrected chi connectivity index (χ2v) is 5.72. The summed E-state index contributed by atoms with van der Waals surface area (Å²) in [6, 6.07) is 7.93. The van der Waals surface area contributed by atoms with E-state index in [-0.39, 0.29) is 5.91 Å². The molecule has 1 amide bonds. The fourth-order valence-electron chi connectivity index (χ4n) is 3.06. The zero-order valence-electron chi connectivity index (χ0n) is 13.1. The number of para-hydroxylation sites is 1. The number of likely N-dealkylation sites (tertiary alicyclic amines) is 1. The van der Waals surface area contributed by atoms with Gasteiger partial charge in [-0.1, -0.05) is 18.2 Å². The van der Waals surface area contributed by atoms with Gasteiger partial charge in [0, 0.05) is 19.5 Å². The highest BCUT2D eigenvalue weighted by molar-refractivity contribution is 5.76. The van der Waals surface area contributed by atoms with Crippen LogP contribution in [-0.2, 0) is 11.2 Å². The number of ether oxygens (including phenoxy) is 1. The third kappa shape index (κ3) is 4.46. The second kappa shape index (κ2) is 8.03. The number of carbonyl (C=O) groups excluding carboxylic acids is 1. The summed E-state index contributed by atoms with van der Waals surface area (Å²) in [5, 5.41) is 3.22. The summed E-state index contributed by atoms with van der Waals surface area (Å²) in [4.78, 5) is 14.4. The quantitative estimate of drug-likeness (QED) is 0.872. The highest BCUT2D eigenvalue weighted by atomic mass is 16.5. The van der Waals surface area contributed by atoms with Crippen molar-refractivity contribution >= 4 is 5.91 Å². The summed E-state index contributed by atoms with van der Waals surface area (Å²) in [6.45, 7) is 2.80. The largest absolute Gasteiger partial charge is 0.496 e. The third-order valence-electron chi connectivity index (χ3n) is 4.17. The summed E-state index contributed by atoms with van der Waals surface area (Å²) in [7, 11) is 3.65. The predicted molar refractivity (Wildman–Crippen MR) is 84.5 cm³/mol. The molecule has 1 saturated heterocycles. The van der Waals surface area contributed by atoms with E-state index in [0.717, 1.165) is 43.8 Å². The van der Waals surface area contributed by atoms with Crippen LogP contribution in [0, 0.1) is 5.92 Å². The summed E-state index contributed by atoms with van der Waals surface area (Å²) in [6.07, 6.45) is 3.65. The molecule has 116 valence electrons. The number of nitrogens with one attached hydrogen (secondary N) is 1. The van der Waals surface area contributed by atoms with Crippen LogP contribution in [0.1, 0.15) is 24.8 Å². The van der Waals surface area contributed by atoms with Crippen LogP contribution in [0.4, 0.5) is 0 Å². The number of rotatable bonds is 6. The first-order chi connectivity index (χ1) is 10.2. The van der Waals surface area contributed by atoms with Crippen molar-refractivity contribution in [3.05, 3.63) is 29.8 Å². The molecule has 4 heteroatoms. The number of amides is 1. The molecule has 2 rings (SSSR count). The van der Waals surface area contributed by atoms with Gasteiger partial charge in [-0.2, -0.15) is 0 Å². The first-order valence-corrected chi connectivity index (χ1v) is 7.79. The van der Waals surface area contributed by atoms with Gasteiger partial charge in [0.05, 0.1) is 7.11 Å². The molecule has 1 aliphatic heterocycles. The van der Waals surface area contributed by atoms with Gasteiger partial charge in [-0.05, 0) is 50.4 Å². The van der Waals surface area contributed by atoms with Crippen molar-refractivity contribution < 1.29 is 9.53 Å². The molecule has 4 nitrogen and oxygen atoms in total. The minimum atomic E-state index is 0.265. The minimum Gasteiger partial charge on any atom is -0.496 e. The van der Waals surface area contributed by atoms with Crippen LogP contribution in [0.25, 0.3) is 0 Å². The minimum absolute atomic E-state index is 0.265. The van der Waals surface area contributed by atoms with Crippen LogP contribution in [0.15, 0.2) is 24.3 Å². The number of methoxy groups -OCH3 is 1. The van der Waals surface area contributed by atoms with Crippen molar-refractivity contribution in [2.75, 3.05) is 33.8 Å². The first kappa shape index (κ1) is 15.8. The number of aryl methyl sites for hydroxylation is 1. The average Bonchev–Trinajstić information content (AvgIpc) is 2.53. The molecule has 0 spiro atoms. The third-order valence-corrected chi connectivity index (χ3v) is 4.17. The maximum Gasteiger partial charge on any atom is 0.222 e. The van der Waals surface area contributed by atoms with Gasteiger partial charge in [-0.25, -0.2) is 0 Å². The van der Waals surface area contributed by atoms with Gasteiger partial charge in [0.15, 0.2) is 0 Å². The van der Waals surface area contributed by atoms with Crippen LogP contribution in [0.3, 0.4) is 0 Å². The van der Waals surface area contributed by atoms with Crippen LogP contribution < -0.4 is 10.1 Å². The van der Waals surface area contributed by atoms with E-state index in [1.54, 1.807) is 7.11 Å². The fraction of sp³-hybridized carbons (Fsp3) is 0.588. The van der Waals surface area contributed by atoms with E-state index in [1.165, 1.54) is 6.42 Å². The lowest BCUT2D eigenvalue weighted by molar-refractivity contribution is -0.132. The number of nitrogens with zero attached hydrogens (tertiary/aromatic N) is 1. The highest BCUT2D eigenvalue weighted by Gasteiger charge is 2.22. The normalized spacial score (nSPS) is 18.6. The van der Waals surface area contributed by atoms with Crippen molar-refractivity contribution in [1.82, 2.24) is 10.2 Å². The molecular formula is C17H26N2O2. The summed E-state index contributed by atoms with van der Waals surface area (Å²) in [5.74, 6) is 1.73. The standard InChI is InChI=1S/C17H26N2O2/c1-18-12-14-6-5-11-19(13-14)17(20)10-9-15-7-3-4-8-16(15)21-2/h3-4,7-8,14,18H,5-6,9-13H2,1-2H3. The van der Waals surface area contributed by atoms with E-state index in [9.17, 15) is 4.79 Å². The van der Waals surface area contributed by atoms with Gasteiger partial charge in [-0.3, -0.25) is 4.79 Å². The van der Waals surface area contributed by atoms with Crippen LogP contribution >= 0.6 is 0 Å². The van der Waals surface area contributed by atoms with Crippen molar-refractivity contribution in [1.29, 1.82) is 0 Å². The Labute approximate surface area is 127 Å². The number of hydrogen-bond donors (Lipinski definition) is 1. The molecule has 0 bridgehead atoms. The van der Waals surface area contributed by atoms with Gasteiger partial charge < -0.3 is 15.0 Å². The van der Waals surface area contributed by atoms with Gasteiger partial charge in [0.2, 0.25) is 5.91 Å². The lowest BCUT2D eigenvalue weighted by Crippen LogP contribution is -2.42. The van der Waals surface area contributed by atoms with Crippen molar-refractivity contribution in [2.45, 2.75) is 25.7 Å². The average molecular weight is 290 g/mol. The Balaban J connectivity index is 1.86. The van der Waals surface area contributed by atoms with Gasteiger partial charge in [0.25, 0.3) is 0 Å². The Morgan fingerprint density at radius 1 is 1.43 bits per heavy atom. The SMILES string of the molecule is CNCC1CCCN(C(=O)CCc2ccccc2OC)C1. The molecule has 1 aromatic carbocycles. The molecule has 1 aliphatic rings. The second-order valence-electron chi connectivity index (χ2n) is 5.72. The maximum atomic E-state index is 12.4. The number of carbonyl (C=O) groups is 1. The van der Waals surface area contributed by atoms with Crippen molar-refractivity contribution in [2.24, 2.45) is 5.92 Å². The molecule has 1 aromatic rings. The zero-order valence-corrected chi connectivity index (χ0v) is 13.1. The van der Waals surface area contributed by atoms with E-state index in [2.05, 4.69) is 5.32 Å². The first-order valence-electron chi connectivity index (χ1n) is 7.79. The molecule has 1 unspecified atom stereocenters. The molecule has 1 N–H and O–H groups in total. The molecule has 0 radical (unpaired) electrons. The maximum absolute atomic E-state index is 12.4. The fourth-order valence-corrected chi connectivity index (χ4v) is 3.06. The van der Waals surface area contributed by atoms with E-state index in [0.29, 0.717) is 12.3 Å².